The number of imidazole rings is 1. The molecule has 1 N–H and O–H groups in total. The first-order valence-corrected chi connectivity index (χ1v) is 7.02. The molecule has 0 radical (unpaired) electrons. The molecule has 0 amide bonds. The maximum Gasteiger partial charge on any atom is 0.184 e. The average molecular weight is 312 g/mol. The number of fused-ring (bicyclic) bond motifs is 2. The Hall–Kier alpha value is -2.73. The molecule has 6 nitrogen and oxygen atoms in total. The second-order valence-corrected chi connectivity index (χ2v) is 5.24. The average Bonchev–Trinajstić information content (AvgIpc) is 3.12. The van der Waals surface area contributed by atoms with E-state index >= 15 is 0 Å². The van der Waals surface area contributed by atoms with Crippen LogP contribution in [0.4, 0.5) is 0 Å². The SMILES string of the molecule is O=C(Cn1cnc2ncnc(Cl)c21)c1c[nH]c2ccccc12. The first kappa shape index (κ1) is 13.0. The Kier molecular flexibility index (Phi) is 2.90. The molecule has 0 aliphatic carbocycles. The Morgan fingerprint density at radius 2 is 2.09 bits per heavy atom. The van der Waals surface area contributed by atoms with Crippen LogP contribution in [0.25, 0.3) is 22.1 Å². The van der Waals surface area contributed by atoms with E-state index in [1.807, 2.05) is 24.3 Å². The highest BCUT2D eigenvalue weighted by molar-refractivity contribution is 6.33. The van der Waals surface area contributed by atoms with Gasteiger partial charge < -0.3 is 9.55 Å². The molecule has 0 aliphatic heterocycles. The van der Waals surface area contributed by atoms with Crippen LogP contribution in [-0.4, -0.2) is 30.3 Å². The number of nitrogens with one attached hydrogen (secondary N) is 1. The number of aromatic amines is 1. The lowest BCUT2D eigenvalue weighted by atomic mass is 10.1. The fourth-order valence-corrected chi connectivity index (χ4v) is 2.77. The van der Waals surface area contributed by atoms with Gasteiger partial charge in [-0.25, -0.2) is 15.0 Å². The van der Waals surface area contributed by atoms with E-state index in [1.54, 1.807) is 17.1 Å². The van der Waals surface area contributed by atoms with Gasteiger partial charge in [0.2, 0.25) is 0 Å². The number of hydrogen-bond acceptors (Lipinski definition) is 4. The normalized spacial score (nSPS) is 11.3. The molecule has 0 atom stereocenters. The van der Waals surface area contributed by atoms with E-state index in [4.69, 9.17) is 11.6 Å². The number of aromatic nitrogens is 5. The number of nitrogens with zero attached hydrogens (tertiary/aromatic N) is 4. The summed E-state index contributed by atoms with van der Waals surface area (Å²) in [4.78, 5) is 27.8. The first-order chi connectivity index (χ1) is 10.7. The van der Waals surface area contributed by atoms with E-state index in [-0.39, 0.29) is 17.5 Å². The fourth-order valence-electron chi connectivity index (χ4n) is 2.53. The molecular weight excluding hydrogens is 302 g/mol. The van der Waals surface area contributed by atoms with Gasteiger partial charge in [-0.05, 0) is 6.07 Å². The van der Waals surface area contributed by atoms with Crippen LogP contribution in [0, 0.1) is 0 Å². The van der Waals surface area contributed by atoms with Crippen molar-refractivity contribution in [3.8, 4) is 0 Å². The fraction of sp³-hybridized carbons (Fsp3) is 0.0667. The molecule has 3 heterocycles. The summed E-state index contributed by atoms with van der Waals surface area (Å²) in [5.74, 6) is -0.0309. The molecule has 0 bridgehead atoms. The molecular formula is C15H10ClN5O. The van der Waals surface area contributed by atoms with E-state index in [0.29, 0.717) is 16.7 Å². The second kappa shape index (κ2) is 4.92. The molecule has 0 aliphatic rings. The molecule has 3 aromatic heterocycles. The number of hydrogen-bond donors (Lipinski definition) is 1. The minimum absolute atomic E-state index is 0.0309. The molecule has 4 aromatic rings. The zero-order valence-corrected chi connectivity index (χ0v) is 12.1. The first-order valence-electron chi connectivity index (χ1n) is 6.64. The number of H-pyrrole nitrogens is 1. The van der Waals surface area contributed by atoms with Crippen LogP contribution in [0.2, 0.25) is 5.15 Å². The summed E-state index contributed by atoms with van der Waals surface area (Å²) in [6, 6.07) is 7.68. The summed E-state index contributed by atoms with van der Waals surface area (Å²) in [5, 5.41) is 1.19. The molecule has 0 fully saturated rings. The Labute approximate surface area is 129 Å². The van der Waals surface area contributed by atoms with Crippen LogP contribution in [0.1, 0.15) is 10.4 Å². The van der Waals surface area contributed by atoms with Crippen molar-refractivity contribution in [2.45, 2.75) is 6.54 Å². The Bertz CT molecular complexity index is 1000. The topological polar surface area (TPSA) is 76.5 Å². The zero-order chi connectivity index (χ0) is 15.1. The number of carbonyl (C=O) groups is 1. The van der Waals surface area contributed by atoms with Gasteiger partial charge in [-0.1, -0.05) is 29.8 Å². The second-order valence-electron chi connectivity index (χ2n) is 4.88. The van der Waals surface area contributed by atoms with Crippen LogP contribution in [0.5, 0.6) is 0 Å². The lowest BCUT2D eigenvalue weighted by Crippen LogP contribution is -2.09. The molecule has 1 aromatic carbocycles. The summed E-state index contributed by atoms with van der Waals surface area (Å²) < 4.78 is 1.67. The molecule has 0 saturated heterocycles. The summed E-state index contributed by atoms with van der Waals surface area (Å²) in [6.07, 6.45) is 4.63. The number of benzene rings is 1. The smallest absolute Gasteiger partial charge is 0.184 e. The van der Waals surface area contributed by atoms with Gasteiger partial charge in [0.1, 0.15) is 11.8 Å². The van der Waals surface area contributed by atoms with Gasteiger partial charge in [-0.2, -0.15) is 0 Å². The Morgan fingerprint density at radius 3 is 3.00 bits per heavy atom. The van der Waals surface area contributed by atoms with E-state index < -0.39 is 0 Å². The van der Waals surface area contributed by atoms with Gasteiger partial charge in [-0.3, -0.25) is 4.79 Å². The third kappa shape index (κ3) is 1.96. The van der Waals surface area contributed by atoms with Crippen molar-refractivity contribution in [3.63, 3.8) is 0 Å². The van der Waals surface area contributed by atoms with Crippen LogP contribution in [0.15, 0.2) is 43.1 Å². The number of rotatable bonds is 3. The van der Waals surface area contributed by atoms with Crippen molar-refractivity contribution in [2.75, 3.05) is 0 Å². The summed E-state index contributed by atoms with van der Waals surface area (Å²) in [6.45, 7) is 0.130. The van der Waals surface area contributed by atoms with Gasteiger partial charge in [0, 0.05) is 22.7 Å². The quantitative estimate of drug-likeness (QED) is 0.466. The van der Waals surface area contributed by atoms with E-state index in [2.05, 4.69) is 19.9 Å². The van der Waals surface area contributed by atoms with Crippen molar-refractivity contribution < 1.29 is 4.79 Å². The van der Waals surface area contributed by atoms with Gasteiger partial charge in [0.15, 0.2) is 16.6 Å². The van der Waals surface area contributed by atoms with Gasteiger partial charge in [-0.15, -0.1) is 0 Å². The number of halogens is 1. The van der Waals surface area contributed by atoms with Crippen LogP contribution in [-0.2, 0) is 6.54 Å². The number of ketones is 1. The third-order valence-electron chi connectivity index (χ3n) is 3.57. The van der Waals surface area contributed by atoms with E-state index in [9.17, 15) is 4.79 Å². The summed E-state index contributed by atoms with van der Waals surface area (Å²) in [7, 11) is 0. The maximum absolute atomic E-state index is 12.6. The zero-order valence-electron chi connectivity index (χ0n) is 11.3. The molecule has 7 heteroatoms. The lowest BCUT2D eigenvalue weighted by Gasteiger charge is -2.03. The molecule has 4 rings (SSSR count). The summed E-state index contributed by atoms with van der Waals surface area (Å²) in [5.41, 5.74) is 2.62. The number of para-hydroxylation sites is 1. The molecule has 22 heavy (non-hydrogen) atoms. The predicted octanol–water partition coefficient (Wildman–Crippen LogP) is 2.84. The number of Topliss-reactive ketones (excluding diaryl/α,β-unsaturated/α-hetero) is 1. The third-order valence-corrected chi connectivity index (χ3v) is 3.85. The van der Waals surface area contributed by atoms with Gasteiger partial charge in [0.05, 0.1) is 12.9 Å². The lowest BCUT2D eigenvalue weighted by molar-refractivity contribution is 0.0975. The van der Waals surface area contributed by atoms with E-state index in [1.165, 1.54) is 6.33 Å². The molecule has 0 spiro atoms. The summed E-state index contributed by atoms with van der Waals surface area (Å²) >= 11 is 6.08. The van der Waals surface area contributed by atoms with E-state index in [0.717, 1.165) is 10.9 Å². The highest BCUT2D eigenvalue weighted by Crippen LogP contribution is 2.21. The predicted molar refractivity (Wildman–Crippen MR) is 83.0 cm³/mol. The Morgan fingerprint density at radius 1 is 1.23 bits per heavy atom. The molecule has 0 saturated carbocycles. The van der Waals surface area contributed by atoms with Crippen molar-refractivity contribution in [2.24, 2.45) is 0 Å². The molecule has 108 valence electrons. The van der Waals surface area contributed by atoms with Crippen LogP contribution < -0.4 is 0 Å². The van der Waals surface area contributed by atoms with Crippen LogP contribution in [0.3, 0.4) is 0 Å². The van der Waals surface area contributed by atoms with Crippen molar-refractivity contribution >= 4 is 39.5 Å². The van der Waals surface area contributed by atoms with Crippen molar-refractivity contribution in [1.29, 1.82) is 0 Å². The van der Waals surface area contributed by atoms with Crippen molar-refractivity contribution in [1.82, 2.24) is 24.5 Å². The highest BCUT2D eigenvalue weighted by Gasteiger charge is 2.15. The minimum Gasteiger partial charge on any atom is -0.360 e. The maximum atomic E-state index is 12.6. The Balaban J connectivity index is 1.75. The number of carbonyl (C=O) groups excluding carboxylic acids is 1. The molecule has 0 unspecified atom stereocenters. The largest absolute Gasteiger partial charge is 0.360 e. The van der Waals surface area contributed by atoms with Gasteiger partial charge in [0.25, 0.3) is 0 Å². The highest BCUT2D eigenvalue weighted by atomic mass is 35.5. The standard InChI is InChI=1S/C15H10ClN5O/c16-14-13-15(19-7-18-14)20-8-21(13)6-12(22)10-5-17-11-4-2-1-3-9(10)11/h1-5,7-8,17H,6H2. The van der Waals surface area contributed by atoms with Gasteiger partial charge >= 0.3 is 0 Å². The van der Waals surface area contributed by atoms with Crippen molar-refractivity contribution in [3.05, 3.63) is 53.8 Å². The van der Waals surface area contributed by atoms with Crippen LogP contribution >= 0.6 is 11.6 Å². The monoisotopic (exact) mass is 311 g/mol. The minimum atomic E-state index is -0.0309.